The van der Waals surface area contributed by atoms with Gasteiger partial charge in [0.2, 0.25) is 0 Å². The Morgan fingerprint density at radius 2 is 2.00 bits per heavy atom. The highest BCUT2D eigenvalue weighted by Gasteiger charge is 2.51. The van der Waals surface area contributed by atoms with Gasteiger partial charge in [0, 0.05) is 13.0 Å². The number of benzene rings is 1. The molecule has 1 aromatic rings. The van der Waals surface area contributed by atoms with Gasteiger partial charge in [-0.1, -0.05) is 30.3 Å². The highest BCUT2D eigenvalue weighted by Crippen LogP contribution is 2.40. The molecule has 1 amide bonds. The lowest BCUT2D eigenvalue weighted by Gasteiger charge is -2.38. The Balaban J connectivity index is 1.37. The molecule has 1 aromatic carbocycles. The summed E-state index contributed by atoms with van der Waals surface area (Å²) >= 11 is 0. The molecule has 0 saturated carbocycles. The highest BCUT2D eigenvalue weighted by molar-refractivity contribution is 5.68. The van der Waals surface area contributed by atoms with E-state index in [4.69, 9.17) is 18.9 Å². The zero-order valence-corrected chi connectivity index (χ0v) is 15.4. The summed E-state index contributed by atoms with van der Waals surface area (Å²) in [5.74, 6) is -0.596. The molecule has 0 N–H and O–H groups in total. The van der Waals surface area contributed by atoms with Crippen LogP contribution in [0.25, 0.3) is 0 Å². The second kappa shape index (κ2) is 7.18. The predicted octanol–water partition coefficient (Wildman–Crippen LogP) is 3.44. The SMILES string of the molecule is CC1(C)O[C@H]2O[C@H]([C@@H]3CCCCN3C(=O)OCc3ccccc3)C[C@H]2O1. The standard InChI is InChI=1S/C20H27NO5/c1-20(2)25-17-12-16(24-18(17)26-20)15-10-6-7-11-21(15)19(22)23-13-14-8-4-3-5-9-14/h3-5,8-9,15-18H,6-7,10-13H2,1-2H3/t15-,16-,17+,18+/m0/s1. The van der Waals surface area contributed by atoms with Crippen molar-refractivity contribution in [2.75, 3.05) is 6.54 Å². The molecule has 0 unspecified atom stereocenters. The number of piperidine rings is 1. The smallest absolute Gasteiger partial charge is 0.410 e. The Morgan fingerprint density at radius 1 is 1.19 bits per heavy atom. The van der Waals surface area contributed by atoms with E-state index in [1.165, 1.54) is 0 Å². The number of nitrogens with zero attached hydrogens (tertiary/aromatic N) is 1. The zero-order chi connectivity index (χ0) is 18.1. The van der Waals surface area contributed by atoms with Crippen LogP contribution < -0.4 is 0 Å². The maximum Gasteiger partial charge on any atom is 0.410 e. The van der Waals surface area contributed by atoms with E-state index in [0.29, 0.717) is 13.2 Å². The third-order valence-electron chi connectivity index (χ3n) is 5.33. The van der Waals surface area contributed by atoms with Crippen LogP contribution in [0.1, 0.15) is 45.1 Å². The van der Waals surface area contributed by atoms with Gasteiger partial charge in [-0.05, 0) is 38.7 Å². The lowest BCUT2D eigenvalue weighted by atomic mass is 9.95. The number of likely N-dealkylation sites (tertiary alicyclic amines) is 1. The number of ether oxygens (including phenoxy) is 4. The molecular weight excluding hydrogens is 334 g/mol. The Morgan fingerprint density at radius 3 is 2.77 bits per heavy atom. The van der Waals surface area contributed by atoms with Crippen LogP contribution in [0.2, 0.25) is 0 Å². The molecule has 0 spiro atoms. The Hall–Kier alpha value is -1.63. The number of carbonyl (C=O) groups is 1. The van der Waals surface area contributed by atoms with Gasteiger partial charge in [-0.25, -0.2) is 4.79 Å². The van der Waals surface area contributed by atoms with E-state index in [1.54, 1.807) is 0 Å². The number of amides is 1. The lowest BCUT2D eigenvalue weighted by molar-refractivity contribution is -0.211. The van der Waals surface area contributed by atoms with Crippen molar-refractivity contribution < 1.29 is 23.7 Å². The van der Waals surface area contributed by atoms with Gasteiger partial charge in [0.1, 0.15) is 12.7 Å². The summed E-state index contributed by atoms with van der Waals surface area (Å²) in [5.41, 5.74) is 0.991. The van der Waals surface area contributed by atoms with Crippen LogP contribution in [0.15, 0.2) is 30.3 Å². The van der Waals surface area contributed by atoms with E-state index in [9.17, 15) is 4.79 Å². The van der Waals surface area contributed by atoms with E-state index in [0.717, 1.165) is 31.2 Å². The summed E-state index contributed by atoms with van der Waals surface area (Å²) in [6.07, 6.45) is 3.05. The van der Waals surface area contributed by atoms with Gasteiger partial charge < -0.3 is 23.8 Å². The number of carbonyl (C=O) groups excluding carboxylic acids is 1. The topological polar surface area (TPSA) is 57.2 Å². The predicted molar refractivity (Wildman–Crippen MR) is 94.3 cm³/mol. The van der Waals surface area contributed by atoms with Gasteiger partial charge in [0.05, 0.1) is 12.1 Å². The first-order valence-electron chi connectivity index (χ1n) is 9.50. The summed E-state index contributed by atoms with van der Waals surface area (Å²) in [6.45, 7) is 4.80. The third-order valence-corrected chi connectivity index (χ3v) is 5.33. The lowest BCUT2D eigenvalue weighted by Crippen LogP contribution is -2.50. The highest BCUT2D eigenvalue weighted by atomic mass is 16.8. The largest absolute Gasteiger partial charge is 0.445 e. The second-order valence-corrected chi connectivity index (χ2v) is 7.75. The summed E-state index contributed by atoms with van der Waals surface area (Å²) in [4.78, 5) is 14.5. The molecule has 3 aliphatic heterocycles. The van der Waals surface area contributed by atoms with Gasteiger partial charge in [0.15, 0.2) is 12.1 Å². The van der Waals surface area contributed by atoms with Crippen molar-refractivity contribution in [1.82, 2.24) is 4.90 Å². The van der Waals surface area contributed by atoms with Crippen molar-refractivity contribution >= 4 is 6.09 Å². The number of fused-ring (bicyclic) bond motifs is 1. The molecule has 3 saturated heterocycles. The average Bonchev–Trinajstić information content (AvgIpc) is 3.14. The minimum atomic E-state index is -0.596. The van der Waals surface area contributed by atoms with Crippen molar-refractivity contribution in [1.29, 1.82) is 0 Å². The van der Waals surface area contributed by atoms with Gasteiger partial charge >= 0.3 is 6.09 Å². The quantitative estimate of drug-likeness (QED) is 0.825. The zero-order valence-electron chi connectivity index (χ0n) is 15.4. The average molecular weight is 361 g/mol. The first-order valence-corrected chi connectivity index (χ1v) is 9.50. The van der Waals surface area contributed by atoms with Gasteiger partial charge in [-0.3, -0.25) is 0 Å². The van der Waals surface area contributed by atoms with Gasteiger partial charge in [0.25, 0.3) is 0 Å². The van der Waals surface area contributed by atoms with Crippen molar-refractivity contribution in [3.63, 3.8) is 0 Å². The van der Waals surface area contributed by atoms with Crippen molar-refractivity contribution in [2.24, 2.45) is 0 Å². The minimum Gasteiger partial charge on any atom is -0.445 e. The summed E-state index contributed by atoms with van der Waals surface area (Å²) in [7, 11) is 0. The van der Waals surface area contributed by atoms with Crippen molar-refractivity contribution in [2.45, 2.75) is 76.5 Å². The Labute approximate surface area is 154 Å². The normalized spacial score (nSPS) is 33.1. The van der Waals surface area contributed by atoms with E-state index in [2.05, 4.69) is 0 Å². The third kappa shape index (κ3) is 3.72. The maximum atomic E-state index is 12.7. The fourth-order valence-electron chi connectivity index (χ4n) is 4.16. The van der Waals surface area contributed by atoms with Crippen molar-refractivity contribution in [3.05, 3.63) is 35.9 Å². The first-order chi connectivity index (χ1) is 12.5. The molecule has 0 aliphatic carbocycles. The molecule has 26 heavy (non-hydrogen) atoms. The molecule has 4 rings (SSSR count). The molecule has 0 aromatic heterocycles. The first kappa shape index (κ1) is 17.8. The summed E-state index contributed by atoms with van der Waals surface area (Å²) in [5, 5.41) is 0. The molecule has 142 valence electrons. The molecule has 3 aliphatic rings. The molecule has 6 nitrogen and oxygen atoms in total. The summed E-state index contributed by atoms with van der Waals surface area (Å²) in [6, 6.07) is 9.77. The molecule has 3 fully saturated rings. The molecule has 0 radical (unpaired) electrons. The van der Waals surface area contributed by atoms with Crippen molar-refractivity contribution in [3.8, 4) is 0 Å². The number of hydrogen-bond donors (Lipinski definition) is 0. The molecular formula is C20H27NO5. The monoisotopic (exact) mass is 361 g/mol. The second-order valence-electron chi connectivity index (χ2n) is 7.75. The van der Waals surface area contributed by atoms with Crippen LogP contribution in [0.5, 0.6) is 0 Å². The minimum absolute atomic E-state index is 0.0212. The van der Waals surface area contributed by atoms with E-state index >= 15 is 0 Å². The maximum absolute atomic E-state index is 12.7. The number of hydrogen-bond acceptors (Lipinski definition) is 5. The van der Waals surface area contributed by atoms with Crippen LogP contribution in [0, 0.1) is 0 Å². The van der Waals surface area contributed by atoms with E-state index in [-0.39, 0.29) is 30.6 Å². The van der Waals surface area contributed by atoms with E-state index in [1.807, 2.05) is 49.1 Å². The Kier molecular flexibility index (Phi) is 4.90. The molecule has 4 atom stereocenters. The fourth-order valence-corrected chi connectivity index (χ4v) is 4.16. The van der Waals surface area contributed by atoms with Crippen LogP contribution in [-0.4, -0.2) is 47.9 Å². The molecule has 0 bridgehead atoms. The Bertz CT molecular complexity index is 618. The van der Waals surface area contributed by atoms with Gasteiger partial charge in [-0.15, -0.1) is 0 Å². The van der Waals surface area contributed by atoms with Crippen LogP contribution in [0.4, 0.5) is 4.79 Å². The molecule has 6 heteroatoms. The van der Waals surface area contributed by atoms with Crippen LogP contribution in [-0.2, 0) is 25.6 Å². The van der Waals surface area contributed by atoms with Gasteiger partial charge in [-0.2, -0.15) is 0 Å². The van der Waals surface area contributed by atoms with Crippen LogP contribution in [0.3, 0.4) is 0 Å². The van der Waals surface area contributed by atoms with Crippen LogP contribution >= 0.6 is 0 Å². The molecule has 3 heterocycles. The number of rotatable bonds is 3. The van der Waals surface area contributed by atoms with E-state index < -0.39 is 5.79 Å². The summed E-state index contributed by atoms with van der Waals surface area (Å²) < 4.78 is 23.4. The fraction of sp³-hybridized carbons (Fsp3) is 0.650.